The number of nitrogens with one attached hydrogen (secondary N) is 1. The van der Waals surface area contributed by atoms with E-state index in [1.807, 2.05) is 0 Å². The number of carbonyl (C=O) groups is 1. The molecule has 10 nitrogen and oxygen atoms in total. The van der Waals surface area contributed by atoms with Crippen LogP contribution < -0.4 is 20.5 Å². The van der Waals surface area contributed by atoms with Crippen molar-refractivity contribution in [2.24, 2.45) is 5.10 Å². The smallest absolute Gasteiger partial charge is 0.315 e. The number of nitro benzene ring substituents is 1. The fourth-order valence-electron chi connectivity index (χ4n) is 2.55. The van der Waals surface area contributed by atoms with E-state index in [1.54, 1.807) is 33.0 Å². The lowest BCUT2D eigenvalue weighted by molar-refractivity contribution is -0.385. The summed E-state index contributed by atoms with van der Waals surface area (Å²) in [4.78, 5) is 35.2. The largest absolute Gasteiger partial charge is 0.490 e. The number of aryl methyl sites for hydroxylation is 1. The first-order valence-corrected chi connectivity index (χ1v) is 9.03. The Labute approximate surface area is 166 Å². The maximum Gasteiger partial charge on any atom is 0.315 e. The molecule has 0 aliphatic rings. The van der Waals surface area contributed by atoms with Gasteiger partial charge < -0.3 is 14.0 Å². The van der Waals surface area contributed by atoms with Gasteiger partial charge in [0.25, 0.3) is 11.5 Å². The van der Waals surface area contributed by atoms with Crippen molar-refractivity contribution in [3.63, 3.8) is 0 Å². The van der Waals surface area contributed by atoms with Crippen molar-refractivity contribution in [1.29, 1.82) is 0 Å². The van der Waals surface area contributed by atoms with E-state index < -0.39 is 16.4 Å². The summed E-state index contributed by atoms with van der Waals surface area (Å²) < 4.78 is 12.2. The molecule has 0 aliphatic heterocycles. The van der Waals surface area contributed by atoms with Crippen LogP contribution in [0.4, 0.5) is 5.69 Å². The van der Waals surface area contributed by atoms with Crippen LogP contribution in [0.2, 0.25) is 0 Å². The number of nitrogens with zero attached hydrogens (tertiary/aromatic N) is 3. The number of benzene rings is 1. The van der Waals surface area contributed by atoms with E-state index in [0.29, 0.717) is 12.1 Å². The van der Waals surface area contributed by atoms with Gasteiger partial charge in [0.1, 0.15) is 5.56 Å². The normalized spacial score (nSPS) is 10.7. The van der Waals surface area contributed by atoms with Gasteiger partial charge in [0, 0.05) is 24.4 Å². The molecular weight excluding hydrogens is 380 g/mol. The first kappa shape index (κ1) is 21.6. The van der Waals surface area contributed by atoms with Gasteiger partial charge in [-0.1, -0.05) is 0 Å². The Bertz CT molecular complexity index is 983. The first-order chi connectivity index (χ1) is 13.9. The molecule has 0 saturated carbocycles. The number of aromatic nitrogens is 1. The minimum Gasteiger partial charge on any atom is -0.490 e. The highest BCUT2D eigenvalue weighted by Gasteiger charge is 2.22. The molecule has 1 heterocycles. The Morgan fingerprint density at radius 1 is 1.28 bits per heavy atom. The monoisotopic (exact) mass is 402 g/mol. The molecule has 1 aromatic carbocycles. The van der Waals surface area contributed by atoms with Crippen LogP contribution in [0.1, 0.15) is 36.7 Å². The van der Waals surface area contributed by atoms with Crippen LogP contribution in [-0.2, 0) is 6.54 Å². The summed E-state index contributed by atoms with van der Waals surface area (Å²) in [6.07, 6.45) is 2.81. The zero-order valence-corrected chi connectivity index (χ0v) is 16.4. The van der Waals surface area contributed by atoms with E-state index in [2.05, 4.69) is 10.5 Å². The van der Waals surface area contributed by atoms with Crippen molar-refractivity contribution in [3.8, 4) is 11.5 Å². The molecule has 0 fully saturated rings. The third kappa shape index (κ3) is 5.18. The van der Waals surface area contributed by atoms with Gasteiger partial charge in [-0.2, -0.15) is 5.10 Å². The number of carbonyl (C=O) groups excluding carboxylic acids is 1. The van der Waals surface area contributed by atoms with Gasteiger partial charge >= 0.3 is 5.69 Å². The van der Waals surface area contributed by atoms with Crippen LogP contribution in [-0.4, -0.2) is 34.8 Å². The Balaban J connectivity index is 2.29. The van der Waals surface area contributed by atoms with Crippen molar-refractivity contribution in [2.45, 2.75) is 27.3 Å². The molecule has 0 atom stereocenters. The summed E-state index contributed by atoms with van der Waals surface area (Å²) in [5.74, 6) is -0.449. The topological polar surface area (TPSA) is 125 Å². The SMILES string of the molecule is CCOc1cc(/C=N\NC(=O)c2cccn(CC)c2=O)cc([N+](=O)[O-])c1OCC. The van der Waals surface area contributed by atoms with Crippen LogP contribution in [0.5, 0.6) is 11.5 Å². The molecule has 29 heavy (non-hydrogen) atoms. The number of ether oxygens (including phenoxy) is 2. The Morgan fingerprint density at radius 3 is 2.62 bits per heavy atom. The van der Waals surface area contributed by atoms with E-state index >= 15 is 0 Å². The number of hydrazone groups is 1. The van der Waals surface area contributed by atoms with E-state index in [9.17, 15) is 19.7 Å². The van der Waals surface area contributed by atoms with Gasteiger partial charge in [0.05, 0.1) is 24.4 Å². The van der Waals surface area contributed by atoms with Crippen LogP contribution in [0.3, 0.4) is 0 Å². The van der Waals surface area contributed by atoms with Gasteiger partial charge in [0.15, 0.2) is 5.75 Å². The lowest BCUT2D eigenvalue weighted by Crippen LogP contribution is -2.30. The predicted molar refractivity (Wildman–Crippen MR) is 107 cm³/mol. The molecule has 2 aromatic rings. The van der Waals surface area contributed by atoms with E-state index in [-0.39, 0.29) is 36.0 Å². The fourth-order valence-corrected chi connectivity index (χ4v) is 2.55. The summed E-state index contributed by atoms with van der Waals surface area (Å²) in [7, 11) is 0. The van der Waals surface area contributed by atoms with E-state index in [0.717, 1.165) is 0 Å². The van der Waals surface area contributed by atoms with Gasteiger partial charge in [-0.3, -0.25) is 19.7 Å². The highest BCUT2D eigenvalue weighted by molar-refractivity contribution is 5.94. The minimum atomic E-state index is -0.681. The zero-order valence-electron chi connectivity index (χ0n) is 16.4. The summed E-state index contributed by atoms with van der Waals surface area (Å²) in [5, 5.41) is 15.2. The summed E-state index contributed by atoms with van der Waals surface area (Å²) in [5.41, 5.74) is 1.81. The third-order valence-electron chi connectivity index (χ3n) is 3.83. The molecule has 0 radical (unpaired) electrons. The van der Waals surface area contributed by atoms with Gasteiger partial charge in [-0.05, 0) is 39.0 Å². The van der Waals surface area contributed by atoms with Crippen molar-refractivity contribution >= 4 is 17.8 Å². The van der Waals surface area contributed by atoms with Crippen LogP contribution >= 0.6 is 0 Å². The van der Waals surface area contributed by atoms with Gasteiger partial charge in [0.2, 0.25) is 5.75 Å². The molecule has 0 unspecified atom stereocenters. The minimum absolute atomic E-state index is 0.0323. The second kappa shape index (κ2) is 10.0. The second-order valence-corrected chi connectivity index (χ2v) is 5.70. The van der Waals surface area contributed by atoms with Gasteiger partial charge in [-0.25, -0.2) is 5.43 Å². The molecule has 1 aromatic heterocycles. The molecule has 154 valence electrons. The molecule has 0 aliphatic carbocycles. The number of hydrogen-bond acceptors (Lipinski definition) is 7. The number of amides is 1. The lowest BCUT2D eigenvalue weighted by Gasteiger charge is -2.11. The molecule has 0 saturated heterocycles. The average molecular weight is 402 g/mol. The Hall–Kier alpha value is -3.69. The Kier molecular flexibility index (Phi) is 7.47. The van der Waals surface area contributed by atoms with Crippen molar-refractivity contribution in [3.05, 3.63) is 62.1 Å². The summed E-state index contributed by atoms with van der Waals surface area (Å²) >= 11 is 0. The molecule has 1 N–H and O–H groups in total. The van der Waals surface area contributed by atoms with Crippen LogP contribution in [0.25, 0.3) is 0 Å². The summed E-state index contributed by atoms with van der Waals surface area (Å²) in [6, 6.07) is 5.77. The standard InChI is InChI=1S/C19H22N4O6/c1-4-22-9-7-8-14(19(22)25)18(24)21-20-12-13-10-15(23(26)27)17(29-6-3)16(11-13)28-5-2/h7-12H,4-6H2,1-3H3,(H,21,24)/b20-12-. The van der Waals surface area contributed by atoms with E-state index in [1.165, 1.54) is 29.0 Å². The number of rotatable bonds is 9. The number of hydrogen-bond donors (Lipinski definition) is 1. The van der Waals surface area contributed by atoms with Crippen molar-refractivity contribution in [2.75, 3.05) is 13.2 Å². The molecule has 1 amide bonds. The fraction of sp³-hybridized carbons (Fsp3) is 0.316. The van der Waals surface area contributed by atoms with Crippen LogP contribution in [0.15, 0.2) is 40.4 Å². The molecule has 0 bridgehead atoms. The average Bonchev–Trinajstić information content (AvgIpc) is 2.69. The maximum atomic E-state index is 12.2. The van der Waals surface area contributed by atoms with Crippen molar-refractivity contribution < 1.29 is 19.2 Å². The second-order valence-electron chi connectivity index (χ2n) is 5.70. The summed E-state index contributed by atoms with van der Waals surface area (Å²) in [6.45, 7) is 6.18. The molecular formula is C19H22N4O6. The zero-order chi connectivity index (χ0) is 21.4. The van der Waals surface area contributed by atoms with Gasteiger partial charge in [-0.15, -0.1) is 0 Å². The third-order valence-corrected chi connectivity index (χ3v) is 3.83. The number of pyridine rings is 1. The molecule has 2 rings (SSSR count). The number of nitro groups is 1. The highest BCUT2D eigenvalue weighted by atomic mass is 16.6. The predicted octanol–water partition coefficient (Wildman–Crippen LogP) is 2.34. The quantitative estimate of drug-likeness (QED) is 0.390. The van der Waals surface area contributed by atoms with Crippen LogP contribution in [0, 0.1) is 10.1 Å². The molecule has 10 heteroatoms. The highest BCUT2D eigenvalue weighted by Crippen LogP contribution is 2.38. The first-order valence-electron chi connectivity index (χ1n) is 9.03. The lowest BCUT2D eigenvalue weighted by atomic mass is 10.2. The van der Waals surface area contributed by atoms with E-state index in [4.69, 9.17) is 9.47 Å². The Morgan fingerprint density at radius 2 is 2.00 bits per heavy atom. The van der Waals surface area contributed by atoms with Crippen molar-refractivity contribution in [1.82, 2.24) is 9.99 Å². The molecule has 0 spiro atoms. The maximum absolute atomic E-state index is 12.2.